The summed E-state index contributed by atoms with van der Waals surface area (Å²) in [6.45, 7) is 5.70. The number of esters is 1. The molecule has 0 amide bonds. The number of nitrogens with zero attached hydrogens (tertiary/aromatic N) is 3. The summed E-state index contributed by atoms with van der Waals surface area (Å²) in [4.78, 5) is 12.3. The van der Waals surface area contributed by atoms with Crippen LogP contribution >= 0.6 is 0 Å². The minimum absolute atomic E-state index is 0.264. The summed E-state index contributed by atoms with van der Waals surface area (Å²) in [7, 11) is 1.84. The number of carbonyl (C=O) groups is 1. The van der Waals surface area contributed by atoms with E-state index in [9.17, 15) is 4.79 Å². The van der Waals surface area contributed by atoms with Crippen molar-refractivity contribution >= 4 is 5.97 Å². The first-order chi connectivity index (χ1) is 9.43. The van der Waals surface area contributed by atoms with Crippen LogP contribution < -0.4 is 0 Å². The van der Waals surface area contributed by atoms with Gasteiger partial charge in [-0.3, -0.25) is 4.79 Å². The Bertz CT molecular complexity index is 603. The minimum atomic E-state index is -0.829. The molecule has 0 aliphatic carbocycles. The maximum absolute atomic E-state index is 12.3. The summed E-state index contributed by atoms with van der Waals surface area (Å²) >= 11 is 0. The zero-order valence-electron chi connectivity index (χ0n) is 12.3. The number of aromatic nitrogens is 3. The van der Waals surface area contributed by atoms with E-state index < -0.39 is 5.41 Å². The van der Waals surface area contributed by atoms with Crippen molar-refractivity contribution in [2.45, 2.75) is 32.8 Å². The number of rotatable bonds is 4. The molecule has 1 aromatic carbocycles. The van der Waals surface area contributed by atoms with Crippen molar-refractivity contribution in [3.8, 4) is 0 Å². The standard InChI is InChI=1S/C15H19N3O2/c1-11-16-17-13(18(11)4)15(2,3)14(19)20-10-12-8-6-5-7-9-12/h5-9H,10H2,1-4H3. The maximum atomic E-state index is 12.3. The molecule has 0 spiro atoms. The molecule has 0 radical (unpaired) electrons. The molecule has 0 N–H and O–H groups in total. The van der Waals surface area contributed by atoms with Crippen molar-refractivity contribution < 1.29 is 9.53 Å². The minimum Gasteiger partial charge on any atom is -0.460 e. The number of hydrogen-bond donors (Lipinski definition) is 0. The van der Waals surface area contributed by atoms with Crippen LogP contribution in [0.5, 0.6) is 0 Å². The van der Waals surface area contributed by atoms with E-state index in [2.05, 4.69) is 10.2 Å². The lowest BCUT2D eigenvalue weighted by Crippen LogP contribution is -2.34. The molecule has 0 aliphatic rings. The van der Waals surface area contributed by atoms with Crippen LogP contribution in [-0.2, 0) is 28.6 Å². The van der Waals surface area contributed by atoms with Crippen molar-refractivity contribution in [1.29, 1.82) is 0 Å². The summed E-state index contributed by atoms with van der Waals surface area (Å²) in [5.74, 6) is 1.06. The Kier molecular flexibility index (Phi) is 3.88. The third-order valence-electron chi connectivity index (χ3n) is 3.37. The Labute approximate surface area is 118 Å². The summed E-state index contributed by atoms with van der Waals surface area (Å²) in [5, 5.41) is 8.06. The largest absolute Gasteiger partial charge is 0.460 e. The van der Waals surface area contributed by atoms with Gasteiger partial charge in [0.2, 0.25) is 0 Å². The first-order valence-electron chi connectivity index (χ1n) is 6.50. The summed E-state index contributed by atoms with van der Waals surface area (Å²) in [6, 6.07) is 9.61. The van der Waals surface area contributed by atoms with E-state index >= 15 is 0 Å². The van der Waals surface area contributed by atoms with Gasteiger partial charge in [-0.25, -0.2) is 0 Å². The fraction of sp³-hybridized carbons (Fsp3) is 0.400. The third kappa shape index (κ3) is 2.71. The zero-order valence-corrected chi connectivity index (χ0v) is 12.3. The van der Waals surface area contributed by atoms with Crippen molar-refractivity contribution in [3.05, 3.63) is 47.5 Å². The summed E-state index contributed by atoms with van der Waals surface area (Å²) in [5.41, 5.74) is 0.135. The fourth-order valence-electron chi connectivity index (χ4n) is 1.95. The van der Waals surface area contributed by atoms with Crippen LogP contribution in [0.2, 0.25) is 0 Å². The van der Waals surface area contributed by atoms with Gasteiger partial charge in [-0.2, -0.15) is 0 Å². The van der Waals surface area contributed by atoms with Gasteiger partial charge >= 0.3 is 5.97 Å². The SMILES string of the molecule is Cc1nnc(C(C)(C)C(=O)OCc2ccccc2)n1C. The molecule has 20 heavy (non-hydrogen) atoms. The Balaban J connectivity index is 2.10. The van der Waals surface area contributed by atoms with Gasteiger partial charge in [-0.1, -0.05) is 30.3 Å². The Morgan fingerprint density at radius 2 is 1.90 bits per heavy atom. The van der Waals surface area contributed by atoms with Crippen LogP contribution in [0.15, 0.2) is 30.3 Å². The second kappa shape index (κ2) is 5.45. The fourth-order valence-corrected chi connectivity index (χ4v) is 1.95. The summed E-state index contributed by atoms with van der Waals surface area (Å²) < 4.78 is 7.20. The van der Waals surface area contributed by atoms with Crippen LogP contribution in [0.1, 0.15) is 31.1 Å². The van der Waals surface area contributed by atoms with Gasteiger partial charge < -0.3 is 9.30 Å². The van der Waals surface area contributed by atoms with Gasteiger partial charge in [-0.15, -0.1) is 10.2 Å². The predicted octanol–water partition coefficient (Wildman–Crippen LogP) is 2.14. The van der Waals surface area contributed by atoms with E-state index in [0.29, 0.717) is 5.82 Å². The molecule has 5 heteroatoms. The molecule has 0 saturated carbocycles. The van der Waals surface area contributed by atoms with E-state index in [-0.39, 0.29) is 12.6 Å². The molecule has 0 fully saturated rings. The van der Waals surface area contributed by atoms with E-state index in [1.165, 1.54) is 0 Å². The van der Waals surface area contributed by atoms with Crippen molar-refractivity contribution in [1.82, 2.24) is 14.8 Å². The second-order valence-corrected chi connectivity index (χ2v) is 5.32. The number of aryl methyl sites for hydroxylation is 1. The second-order valence-electron chi connectivity index (χ2n) is 5.32. The molecule has 1 aromatic heterocycles. The predicted molar refractivity (Wildman–Crippen MR) is 75.0 cm³/mol. The van der Waals surface area contributed by atoms with Crippen molar-refractivity contribution in [2.24, 2.45) is 7.05 Å². The van der Waals surface area contributed by atoms with Gasteiger partial charge in [0.25, 0.3) is 0 Å². The van der Waals surface area contributed by atoms with Crippen LogP contribution in [0.3, 0.4) is 0 Å². The van der Waals surface area contributed by atoms with E-state index in [0.717, 1.165) is 11.4 Å². The highest BCUT2D eigenvalue weighted by molar-refractivity contribution is 5.81. The Morgan fingerprint density at radius 3 is 2.45 bits per heavy atom. The van der Waals surface area contributed by atoms with Crippen molar-refractivity contribution in [2.75, 3.05) is 0 Å². The van der Waals surface area contributed by atoms with Crippen LogP contribution in [0, 0.1) is 6.92 Å². The van der Waals surface area contributed by atoms with Crippen molar-refractivity contribution in [3.63, 3.8) is 0 Å². The van der Waals surface area contributed by atoms with Crippen LogP contribution in [0.4, 0.5) is 0 Å². The normalized spacial score (nSPS) is 11.4. The lowest BCUT2D eigenvalue weighted by Gasteiger charge is -2.21. The first-order valence-corrected chi connectivity index (χ1v) is 6.50. The number of hydrogen-bond acceptors (Lipinski definition) is 4. The number of ether oxygens (including phenoxy) is 1. The zero-order chi connectivity index (χ0) is 14.8. The number of benzene rings is 1. The monoisotopic (exact) mass is 273 g/mol. The van der Waals surface area contributed by atoms with Gasteiger partial charge in [-0.05, 0) is 26.3 Å². The van der Waals surface area contributed by atoms with Gasteiger partial charge in [0.1, 0.15) is 23.7 Å². The highest BCUT2D eigenvalue weighted by Gasteiger charge is 2.36. The van der Waals surface area contributed by atoms with Crippen LogP contribution in [-0.4, -0.2) is 20.7 Å². The topological polar surface area (TPSA) is 57.0 Å². The quantitative estimate of drug-likeness (QED) is 0.801. The maximum Gasteiger partial charge on any atom is 0.319 e. The molecule has 1 heterocycles. The molecular formula is C15H19N3O2. The van der Waals surface area contributed by atoms with Gasteiger partial charge in [0.05, 0.1) is 0 Å². The highest BCUT2D eigenvalue weighted by atomic mass is 16.5. The van der Waals surface area contributed by atoms with E-state index in [1.807, 2.05) is 48.9 Å². The molecular weight excluding hydrogens is 254 g/mol. The molecule has 0 saturated heterocycles. The third-order valence-corrected chi connectivity index (χ3v) is 3.37. The number of carbonyl (C=O) groups excluding carboxylic acids is 1. The Hall–Kier alpha value is -2.17. The average molecular weight is 273 g/mol. The summed E-state index contributed by atoms with van der Waals surface area (Å²) in [6.07, 6.45) is 0. The molecule has 106 valence electrons. The molecule has 0 atom stereocenters. The first kappa shape index (κ1) is 14.2. The van der Waals surface area contributed by atoms with E-state index in [1.54, 1.807) is 13.8 Å². The average Bonchev–Trinajstić information content (AvgIpc) is 2.78. The molecule has 0 unspecified atom stereocenters. The smallest absolute Gasteiger partial charge is 0.319 e. The van der Waals surface area contributed by atoms with Gasteiger partial charge in [0.15, 0.2) is 0 Å². The highest BCUT2D eigenvalue weighted by Crippen LogP contribution is 2.23. The Morgan fingerprint density at radius 1 is 1.25 bits per heavy atom. The molecule has 5 nitrogen and oxygen atoms in total. The van der Waals surface area contributed by atoms with Crippen LogP contribution in [0.25, 0.3) is 0 Å². The molecule has 2 rings (SSSR count). The van der Waals surface area contributed by atoms with E-state index in [4.69, 9.17) is 4.74 Å². The molecule has 0 aliphatic heterocycles. The molecule has 0 bridgehead atoms. The molecule has 2 aromatic rings. The lowest BCUT2D eigenvalue weighted by molar-refractivity contribution is -0.151. The lowest BCUT2D eigenvalue weighted by atomic mass is 9.92. The van der Waals surface area contributed by atoms with Gasteiger partial charge in [0, 0.05) is 7.05 Å².